The van der Waals surface area contributed by atoms with E-state index in [1.165, 1.54) is 11.1 Å². The van der Waals surface area contributed by atoms with Crippen LogP contribution in [-0.2, 0) is 11.2 Å². The highest BCUT2D eigenvalue weighted by Gasteiger charge is 2.29. The molecule has 4 heteroatoms. The van der Waals surface area contributed by atoms with Crippen LogP contribution in [0.15, 0.2) is 12.1 Å². The van der Waals surface area contributed by atoms with Gasteiger partial charge in [0.05, 0.1) is 0 Å². The summed E-state index contributed by atoms with van der Waals surface area (Å²) in [6, 6.07) is 4.09. The van der Waals surface area contributed by atoms with Crippen LogP contribution in [0.1, 0.15) is 23.6 Å². The summed E-state index contributed by atoms with van der Waals surface area (Å²) in [5.41, 5.74) is 9.01. The van der Waals surface area contributed by atoms with Gasteiger partial charge in [0.2, 0.25) is 0 Å². The zero-order chi connectivity index (χ0) is 13.3. The van der Waals surface area contributed by atoms with Crippen molar-refractivity contribution in [1.82, 2.24) is 5.32 Å². The number of carbonyl (C=O) groups excluding carboxylic acids is 1. The van der Waals surface area contributed by atoms with Crippen LogP contribution in [0.4, 0.5) is 0 Å². The van der Waals surface area contributed by atoms with Crippen molar-refractivity contribution in [3.63, 3.8) is 0 Å². The van der Waals surface area contributed by atoms with Gasteiger partial charge in [0.1, 0.15) is 5.75 Å². The number of rotatable bonds is 3. The Kier molecular flexibility index (Phi) is 3.57. The summed E-state index contributed by atoms with van der Waals surface area (Å²) >= 11 is 0. The van der Waals surface area contributed by atoms with Crippen LogP contribution >= 0.6 is 0 Å². The van der Waals surface area contributed by atoms with E-state index < -0.39 is 6.10 Å². The summed E-state index contributed by atoms with van der Waals surface area (Å²) in [6.07, 6.45) is 0.217. The third kappa shape index (κ3) is 2.48. The number of amides is 1. The van der Waals surface area contributed by atoms with Crippen LogP contribution in [0.2, 0.25) is 0 Å². The highest BCUT2D eigenvalue weighted by atomic mass is 16.5. The normalized spacial score (nSPS) is 19.0. The van der Waals surface area contributed by atoms with Crippen molar-refractivity contribution < 1.29 is 9.53 Å². The summed E-state index contributed by atoms with van der Waals surface area (Å²) in [6.45, 7) is 6.43. The molecule has 1 unspecified atom stereocenters. The highest BCUT2D eigenvalue weighted by Crippen LogP contribution is 2.31. The number of carbonyl (C=O) groups is 1. The van der Waals surface area contributed by atoms with Gasteiger partial charge in [-0.05, 0) is 43.5 Å². The van der Waals surface area contributed by atoms with Gasteiger partial charge in [-0.3, -0.25) is 4.79 Å². The van der Waals surface area contributed by atoms with Crippen molar-refractivity contribution in [2.75, 3.05) is 6.54 Å². The Hall–Kier alpha value is -1.55. The van der Waals surface area contributed by atoms with E-state index in [-0.39, 0.29) is 11.9 Å². The number of fused-ring (bicyclic) bond motifs is 1. The van der Waals surface area contributed by atoms with E-state index in [0.29, 0.717) is 13.0 Å². The van der Waals surface area contributed by atoms with Crippen molar-refractivity contribution in [1.29, 1.82) is 0 Å². The van der Waals surface area contributed by atoms with Gasteiger partial charge >= 0.3 is 0 Å². The first-order chi connectivity index (χ1) is 8.51. The molecule has 1 aliphatic rings. The molecular weight excluding hydrogens is 228 g/mol. The van der Waals surface area contributed by atoms with Crippen molar-refractivity contribution >= 4 is 5.91 Å². The molecule has 0 aliphatic carbocycles. The van der Waals surface area contributed by atoms with Crippen LogP contribution in [-0.4, -0.2) is 24.6 Å². The summed E-state index contributed by atoms with van der Waals surface area (Å²) < 4.78 is 5.70. The summed E-state index contributed by atoms with van der Waals surface area (Å²) in [4.78, 5) is 12.0. The van der Waals surface area contributed by atoms with E-state index in [1.807, 2.05) is 19.9 Å². The maximum Gasteiger partial charge on any atom is 0.261 e. The van der Waals surface area contributed by atoms with Crippen molar-refractivity contribution in [3.8, 4) is 5.75 Å². The van der Waals surface area contributed by atoms with E-state index in [2.05, 4.69) is 18.3 Å². The molecule has 1 heterocycles. The quantitative estimate of drug-likeness (QED) is 0.841. The molecule has 3 N–H and O–H groups in total. The van der Waals surface area contributed by atoms with Crippen LogP contribution in [0.5, 0.6) is 5.75 Å². The molecule has 2 rings (SSSR count). The minimum Gasteiger partial charge on any atom is -0.480 e. The first kappa shape index (κ1) is 12.9. The standard InChI is InChI=1S/C14H20N2O2/c1-8-4-11-6-13(14(17)16-10(3)7-15)18-12(11)5-9(8)2/h4-5,10,13H,6-7,15H2,1-3H3,(H,16,17)/t10-,13?/m0/s1. The number of ether oxygens (including phenoxy) is 1. The predicted molar refractivity (Wildman–Crippen MR) is 70.7 cm³/mol. The van der Waals surface area contributed by atoms with E-state index in [0.717, 1.165) is 11.3 Å². The van der Waals surface area contributed by atoms with E-state index in [9.17, 15) is 4.79 Å². The average molecular weight is 248 g/mol. The molecule has 1 aromatic rings. The number of hydrogen-bond acceptors (Lipinski definition) is 3. The maximum atomic E-state index is 12.0. The second-order valence-electron chi connectivity index (χ2n) is 5.00. The maximum absolute atomic E-state index is 12.0. The molecule has 0 saturated carbocycles. The Morgan fingerprint density at radius 1 is 1.50 bits per heavy atom. The Balaban J connectivity index is 2.08. The van der Waals surface area contributed by atoms with E-state index in [1.54, 1.807) is 0 Å². The Morgan fingerprint density at radius 2 is 2.17 bits per heavy atom. The Bertz CT molecular complexity index is 440. The zero-order valence-electron chi connectivity index (χ0n) is 11.1. The van der Waals surface area contributed by atoms with Crippen molar-refractivity contribution in [2.24, 2.45) is 5.73 Å². The number of hydrogen-bond donors (Lipinski definition) is 2. The number of nitrogens with one attached hydrogen (secondary N) is 1. The first-order valence-electron chi connectivity index (χ1n) is 6.28. The Morgan fingerprint density at radius 3 is 2.83 bits per heavy atom. The topological polar surface area (TPSA) is 64.3 Å². The molecular formula is C14H20N2O2. The molecule has 0 radical (unpaired) electrons. The molecule has 18 heavy (non-hydrogen) atoms. The molecule has 98 valence electrons. The second-order valence-corrected chi connectivity index (χ2v) is 5.00. The summed E-state index contributed by atoms with van der Waals surface area (Å²) in [5.74, 6) is 0.748. The van der Waals surface area contributed by atoms with Gasteiger partial charge < -0.3 is 15.8 Å². The smallest absolute Gasteiger partial charge is 0.261 e. The molecule has 0 aromatic heterocycles. The van der Waals surface area contributed by atoms with Crippen molar-refractivity contribution in [2.45, 2.75) is 39.3 Å². The lowest BCUT2D eigenvalue weighted by Gasteiger charge is -2.15. The van der Waals surface area contributed by atoms with Crippen LogP contribution < -0.4 is 15.8 Å². The predicted octanol–water partition coefficient (Wildman–Crippen LogP) is 1.07. The molecule has 4 nitrogen and oxygen atoms in total. The SMILES string of the molecule is Cc1cc2c(cc1C)OC(C(=O)N[C@@H](C)CN)C2. The lowest BCUT2D eigenvalue weighted by atomic mass is 10.0. The molecule has 0 bridgehead atoms. The molecule has 1 amide bonds. The minimum absolute atomic E-state index is 0.0201. The Labute approximate surface area is 108 Å². The molecule has 1 aliphatic heterocycles. The fraction of sp³-hybridized carbons (Fsp3) is 0.500. The largest absolute Gasteiger partial charge is 0.480 e. The van der Waals surface area contributed by atoms with Gasteiger partial charge in [-0.2, -0.15) is 0 Å². The van der Waals surface area contributed by atoms with Gasteiger partial charge in [0, 0.05) is 19.0 Å². The third-order valence-electron chi connectivity index (χ3n) is 3.39. The van der Waals surface area contributed by atoms with Gasteiger partial charge in [-0.15, -0.1) is 0 Å². The summed E-state index contributed by atoms with van der Waals surface area (Å²) in [7, 11) is 0. The molecule has 0 saturated heterocycles. The van der Waals surface area contributed by atoms with Crippen LogP contribution in [0, 0.1) is 13.8 Å². The first-order valence-corrected chi connectivity index (χ1v) is 6.28. The van der Waals surface area contributed by atoms with E-state index in [4.69, 9.17) is 10.5 Å². The number of benzene rings is 1. The average Bonchev–Trinajstić information content (AvgIpc) is 2.72. The summed E-state index contributed by atoms with van der Waals surface area (Å²) in [5, 5.41) is 2.85. The van der Waals surface area contributed by atoms with Gasteiger partial charge in [0.25, 0.3) is 5.91 Å². The van der Waals surface area contributed by atoms with Crippen LogP contribution in [0.3, 0.4) is 0 Å². The fourth-order valence-electron chi connectivity index (χ4n) is 2.05. The van der Waals surface area contributed by atoms with Gasteiger partial charge in [-0.25, -0.2) is 0 Å². The molecule has 0 fully saturated rings. The molecule has 0 spiro atoms. The fourth-order valence-corrected chi connectivity index (χ4v) is 2.05. The lowest BCUT2D eigenvalue weighted by Crippen LogP contribution is -2.44. The molecule has 2 atom stereocenters. The van der Waals surface area contributed by atoms with Crippen molar-refractivity contribution in [3.05, 3.63) is 28.8 Å². The monoisotopic (exact) mass is 248 g/mol. The van der Waals surface area contributed by atoms with Gasteiger partial charge in [0.15, 0.2) is 6.10 Å². The van der Waals surface area contributed by atoms with Crippen LogP contribution in [0.25, 0.3) is 0 Å². The lowest BCUT2D eigenvalue weighted by molar-refractivity contribution is -0.127. The second kappa shape index (κ2) is 4.98. The highest BCUT2D eigenvalue weighted by molar-refractivity contribution is 5.82. The van der Waals surface area contributed by atoms with Gasteiger partial charge in [-0.1, -0.05) is 6.07 Å². The molecule has 1 aromatic carbocycles. The number of aryl methyl sites for hydroxylation is 2. The third-order valence-corrected chi connectivity index (χ3v) is 3.39. The van der Waals surface area contributed by atoms with E-state index >= 15 is 0 Å². The zero-order valence-corrected chi connectivity index (χ0v) is 11.1. The number of nitrogens with two attached hydrogens (primary N) is 1. The minimum atomic E-state index is -0.421.